The third kappa shape index (κ3) is 5.12. The zero-order chi connectivity index (χ0) is 23.4. The van der Waals surface area contributed by atoms with Gasteiger partial charge in [-0.3, -0.25) is 14.7 Å². The van der Waals surface area contributed by atoms with Gasteiger partial charge in [-0.1, -0.05) is 37.3 Å². The lowest BCUT2D eigenvalue weighted by atomic mass is 10.2. The van der Waals surface area contributed by atoms with E-state index >= 15 is 0 Å². The minimum absolute atomic E-state index is 0.135. The van der Waals surface area contributed by atoms with Gasteiger partial charge >= 0.3 is 0 Å². The number of pyridine rings is 1. The summed E-state index contributed by atoms with van der Waals surface area (Å²) >= 11 is 3.13. The molecule has 0 aliphatic rings. The summed E-state index contributed by atoms with van der Waals surface area (Å²) in [6.07, 6.45) is 1.72. The zero-order valence-corrected chi connectivity index (χ0v) is 20.6. The number of thioether (sulfide) groups is 1. The highest BCUT2D eigenvalue weighted by Gasteiger charge is 2.24. The number of carbonyl (C=O) groups excluding carboxylic acids is 1. The number of thiazole rings is 1. The van der Waals surface area contributed by atoms with Crippen molar-refractivity contribution in [3.8, 4) is 11.5 Å². The molecule has 6 nitrogen and oxygen atoms in total. The van der Waals surface area contributed by atoms with Gasteiger partial charge in [-0.25, -0.2) is 4.98 Å². The molecule has 8 heteroatoms. The van der Waals surface area contributed by atoms with Crippen LogP contribution in [0.25, 0.3) is 10.2 Å². The second kappa shape index (κ2) is 10.2. The van der Waals surface area contributed by atoms with Gasteiger partial charge in [0.25, 0.3) is 5.91 Å². The molecule has 0 spiro atoms. The van der Waals surface area contributed by atoms with Crippen LogP contribution in [0.4, 0.5) is 5.13 Å². The number of nitrogens with zero attached hydrogens (tertiary/aromatic N) is 3. The molecule has 2 heterocycles. The lowest BCUT2D eigenvalue weighted by molar-refractivity contribution is 0.0984. The number of ether oxygens (including phenoxy) is 2. The number of hydrogen-bond donors (Lipinski definition) is 0. The molecular formula is C25H25N3O3S2. The number of carbonyl (C=O) groups is 1. The van der Waals surface area contributed by atoms with Crippen LogP contribution < -0.4 is 14.4 Å². The fourth-order valence-corrected chi connectivity index (χ4v) is 5.37. The monoisotopic (exact) mass is 479 g/mol. The molecule has 0 fully saturated rings. The van der Waals surface area contributed by atoms with Gasteiger partial charge in [-0.15, -0.1) is 11.8 Å². The molecule has 2 aromatic carbocycles. The molecule has 0 saturated carbocycles. The van der Waals surface area contributed by atoms with E-state index < -0.39 is 0 Å². The molecule has 0 N–H and O–H groups in total. The van der Waals surface area contributed by atoms with E-state index in [1.54, 1.807) is 37.1 Å². The van der Waals surface area contributed by atoms with Crippen molar-refractivity contribution >= 4 is 44.4 Å². The fourth-order valence-electron chi connectivity index (χ4n) is 3.40. The Morgan fingerprint density at radius 2 is 1.85 bits per heavy atom. The van der Waals surface area contributed by atoms with Crippen molar-refractivity contribution in [1.29, 1.82) is 0 Å². The molecule has 2 aromatic heterocycles. The average Bonchev–Trinajstić information content (AvgIpc) is 3.27. The first kappa shape index (κ1) is 23.1. The number of fused-ring (bicyclic) bond motifs is 1. The molecule has 170 valence electrons. The zero-order valence-electron chi connectivity index (χ0n) is 18.9. The van der Waals surface area contributed by atoms with Gasteiger partial charge in [0, 0.05) is 21.9 Å². The number of aromatic nitrogens is 2. The van der Waals surface area contributed by atoms with Crippen molar-refractivity contribution in [1.82, 2.24) is 9.97 Å². The van der Waals surface area contributed by atoms with Crippen LogP contribution >= 0.6 is 23.1 Å². The van der Waals surface area contributed by atoms with Gasteiger partial charge in [-0.05, 0) is 42.5 Å². The molecule has 0 aliphatic heterocycles. The van der Waals surface area contributed by atoms with E-state index in [2.05, 4.69) is 18.8 Å². The lowest BCUT2D eigenvalue weighted by Crippen LogP contribution is -2.30. The Bertz CT molecular complexity index is 1220. The second-order valence-electron chi connectivity index (χ2n) is 7.55. The highest BCUT2D eigenvalue weighted by atomic mass is 32.2. The standard InChI is InChI=1S/C25H25N3O3S2/c1-16(2)32-19-10-7-8-17(14-19)24(29)28(15-18-9-5-6-13-26-18)25-27-22-20(30-3)11-12-21(31-4)23(22)33-25/h5-14,16H,15H2,1-4H3. The Hall–Kier alpha value is -3.10. The van der Waals surface area contributed by atoms with Crippen LogP contribution in [0.15, 0.2) is 65.7 Å². The van der Waals surface area contributed by atoms with E-state index in [1.807, 2.05) is 54.6 Å². The number of hydrogen-bond acceptors (Lipinski definition) is 7. The van der Waals surface area contributed by atoms with Crippen molar-refractivity contribution in [3.63, 3.8) is 0 Å². The van der Waals surface area contributed by atoms with Crippen molar-refractivity contribution in [3.05, 3.63) is 72.1 Å². The maximum absolute atomic E-state index is 13.8. The smallest absolute Gasteiger partial charge is 0.260 e. The molecule has 0 aliphatic carbocycles. The van der Waals surface area contributed by atoms with Crippen molar-refractivity contribution in [2.45, 2.75) is 30.5 Å². The normalized spacial score (nSPS) is 11.1. The molecule has 0 unspecified atom stereocenters. The van der Waals surface area contributed by atoms with Gasteiger partial charge < -0.3 is 9.47 Å². The maximum atomic E-state index is 13.8. The third-order valence-electron chi connectivity index (χ3n) is 4.87. The summed E-state index contributed by atoms with van der Waals surface area (Å²) < 4.78 is 11.9. The van der Waals surface area contributed by atoms with Crippen molar-refractivity contribution in [2.24, 2.45) is 0 Å². The van der Waals surface area contributed by atoms with E-state index in [9.17, 15) is 4.79 Å². The van der Waals surface area contributed by atoms with Crippen LogP contribution in [0.3, 0.4) is 0 Å². The highest BCUT2D eigenvalue weighted by molar-refractivity contribution is 7.99. The first-order valence-corrected chi connectivity index (χ1v) is 12.2. The topological polar surface area (TPSA) is 64.6 Å². The van der Waals surface area contributed by atoms with E-state index in [4.69, 9.17) is 14.5 Å². The van der Waals surface area contributed by atoms with E-state index in [0.29, 0.717) is 39.5 Å². The minimum Gasteiger partial charge on any atom is -0.495 e. The molecule has 0 radical (unpaired) electrons. The maximum Gasteiger partial charge on any atom is 0.260 e. The number of anilines is 1. The Morgan fingerprint density at radius 3 is 2.55 bits per heavy atom. The number of rotatable bonds is 8. The Morgan fingerprint density at radius 1 is 1.06 bits per heavy atom. The predicted molar refractivity (Wildman–Crippen MR) is 135 cm³/mol. The van der Waals surface area contributed by atoms with Crippen LogP contribution in [0.5, 0.6) is 11.5 Å². The van der Waals surface area contributed by atoms with Crippen LogP contribution in [-0.4, -0.2) is 35.3 Å². The quantitative estimate of drug-likeness (QED) is 0.286. The predicted octanol–water partition coefficient (Wildman–Crippen LogP) is 6.06. The summed E-state index contributed by atoms with van der Waals surface area (Å²) in [4.78, 5) is 25.7. The SMILES string of the molecule is COc1ccc(OC)c2sc(N(Cc3ccccn3)C(=O)c3cccc(SC(C)C)c3)nc12. The third-order valence-corrected chi connectivity index (χ3v) is 6.96. The summed E-state index contributed by atoms with van der Waals surface area (Å²) in [5, 5.41) is 0.981. The molecular weight excluding hydrogens is 454 g/mol. The Labute approximate surface area is 201 Å². The van der Waals surface area contributed by atoms with Crippen LogP contribution in [0.1, 0.15) is 29.9 Å². The molecule has 0 atom stereocenters. The lowest BCUT2D eigenvalue weighted by Gasteiger charge is -2.20. The summed E-state index contributed by atoms with van der Waals surface area (Å²) in [7, 11) is 3.23. The van der Waals surface area contributed by atoms with E-state index in [1.165, 1.54) is 11.3 Å². The number of amides is 1. The van der Waals surface area contributed by atoms with E-state index in [0.717, 1.165) is 15.3 Å². The van der Waals surface area contributed by atoms with Gasteiger partial charge in [-0.2, -0.15) is 0 Å². The summed E-state index contributed by atoms with van der Waals surface area (Å²) in [5.41, 5.74) is 2.05. The first-order valence-electron chi connectivity index (χ1n) is 10.5. The van der Waals surface area contributed by atoms with Gasteiger partial charge in [0.15, 0.2) is 5.13 Å². The molecule has 0 bridgehead atoms. The number of methoxy groups -OCH3 is 2. The van der Waals surface area contributed by atoms with E-state index in [-0.39, 0.29) is 5.91 Å². The van der Waals surface area contributed by atoms with Gasteiger partial charge in [0.2, 0.25) is 0 Å². The van der Waals surface area contributed by atoms with Gasteiger partial charge in [0.05, 0.1) is 26.5 Å². The van der Waals surface area contributed by atoms with Crippen molar-refractivity contribution < 1.29 is 14.3 Å². The summed E-state index contributed by atoms with van der Waals surface area (Å²) in [5.74, 6) is 1.19. The largest absolute Gasteiger partial charge is 0.495 e. The fraction of sp³-hybridized carbons (Fsp3) is 0.240. The van der Waals surface area contributed by atoms with Crippen LogP contribution in [0, 0.1) is 0 Å². The van der Waals surface area contributed by atoms with Crippen LogP contribution in [0.2, 0.25) is 0 Å². The summed E-state index contributed by atoms with van der Waals surface area (Å²) in [6.45, 7) is 4.56. The summed E-state index contributed by atoms with van der Waals surface area (Å²) in [6, 6.07) is 17.1. The second-order valence-corrected chi connectivity index (χ2v) is 10.2. The molecule has 33 heavy (non-hydrogen) atoms. The molecule has 4 aromatic rings. The Balaban J connectivity index is 1.80. The first-order chi connectivity index (χ1) is 16.0. The van der Waals surface area contributed by atoms with Crippen molar-refractivity contribution in [2.75, 3.05) is 19.1 Å². The average molecular weight is 480 g/mol. The molecule has 0 saturated heterocycles. The Kier molecular flexibility index (Phi) is 7.15. The van der Waals surface area contributed by atoms with Crippen LogP contribution in [-0.2, 0) is 6.54 Å². The van der Waals surface area contributed by atoms with Gasteiger partial charge in [0.1, 0.15) is 21.7 Å². The number of benzene rings is 2. The molecule has 4 rings (SSSR count). The highest BCUT2D eigenvalue weighted by Crippen LogP contribution is 2.40. The minimum atomic E-state index is -0.135. The molecule has 1 amide bonds.